The van der Waals surface area contributed by atoms with Crippen LogP contribution in [0.25, 0.3) is 0 Å². The summed E-state index contributed by atoms with van der Waals surface area (Å²) in [4.78, 5) is 13.2. The minimum absolute atomic E-state index is 0.107. The number of hydrogen-bond donors (Lipinski definition) is 0. The predicted molar refractivity (Wildman–Crippen MR) is 99.8 cm³/mol. The number of ether oxygens (including phenoxy) is 1. The lowest BCUT2D eigenvalue weighted by molar-refractivity contribution is -0.144. The van der Waals surface area contributed by atoms with Gasteiger partial charge in [0.2, 0.25) is 0 Å². The number of esters is 1. The van der Waals surface area contributed by atoms with Crippen LogP contribution in [0, 0.1) is 0 Å². The molecule has 0 saturated carbocycles. The van der Waals surface area contributed by atoms with Crippen LogP contribution in [0.4, 0.5) is 0 Å². The Bertz CT molecular complexity index is 254. The third-order valence-electron chi connectivity index (χ3n) is 4.21. The molecule has 0 aliphatic heterocycles. The molecule has 0 aromatic rings. The van der Waals surface area contributed by atoms with Crippen molar-refractivity contribution in [2.45, 2.75) is 96.8 Å². The number of hydrogen-bond acceptors (Lipinski definition) is 3. The molecular weight excluding hydrogens is 286 g/mol. The van der Waals surface area contributed by atoms with Crippen LogP contribution in [-0.2, 0) is 9.53 Å². The molecule has 0 bridgehead atoms. The van der Waals surface area contributed by atoms with Crippen LogP contribution >= 0.6 is 0 Å². The molecule has 0 aliphatic carbocycles. The molecule has 0 fully saturated rings. The molecule has 0 spiro atoms. The molecule has 0 aliphatic rings. The highest BCUT2D eigenvalue weighted by Gasteiger charge is 2.03. The Balaban J connectivity index is 3.06. The van der Waals surface area contributed by atoms with E-state index in [1.165, 1.54) is 83.5 Å². The average Bonchev–Trinajstić information content (AvgIpc) is 2.50. The Labute approximate surface area is 145 Å². The topological polar surface area (TPSA) is 29.5 Å². The van der Waals surface area contributed by atoms with E-state index in [0.29, 0.717) is 13.2 Å². The summed E-state index contributed by atoms with van der Waals surface area (Å²) in [7, 11) is 3.77. The van der Waals surface area contributed by atoms with Gasteiger partial charge < -0.3 is 4.74 Å². The van der Waals surface area contributed by atoms with Crippen molar-refractivity contribution >= 4 is 5.97 Å². The summed E-state index contributed by atoms with van der Waals surface area (Å²) in [5.41, 5.74) is 0. The fraction of sp³-hybridized carbons (Fsp3) is 0.950. The van der Waals surface area contributed by atoms with E-state index in [1.807, 2.05) is 19.0 Å². The van der Waals surface area contributed by atoms with Crippen molar-refractivity contribution in [2.75, 3.05) is 27.2 Å². The molecule has 3 nitrogen and oxygen atoms in total. The van der Waals surface area contributed by atoms with Crippen molar-refractivity contribution < 1.29 is 9.53 Å². The van der Waals surface area contributed by atoms with Gasteiger partial charge in [0.05, 0.1) is 13.2 Å². The predicted octanol–water partition coefficient (Wildman–Crippen LogP) is 5.57. The van der Waals surface area contributed by atoms with Gasteiger partial charge in [0, 0.05) is 0 Å². The number of rotatable bonds is 17. The van der Waals surface area contributed by atoms with Crippen molar-refractivity contribution in [1.29, 1.82) is 0 Å². The lowest BCUT2D eigenvalue weighted by atomic mass is 10.0. The summed E-state index contributed by atoms with van der Waals surface area (Å²) in [6.45, 7) is 3.25. The molecule has 0 aromatic carbocycles. The van der Waals surface area contributed by atoms with Gasteiger partial charge in [0.25, 0.3) is 0 Å². The average molecular weight is 328 g/mol. The summed E-state index contributed by atoms with van der Waals surface area (Å²) >= 11 is 0. The van der Waals surface area contributed by atoms with Gasteiger partial charge >= 0.3 is 5.97 Å². The zero-order valence-electron chi connectivity index (χ0n) is 16.1. The monoisotopic (exact) mass is 327 g/mol. The van der Waals surface area contributed by atoms with Gasteiger partial charge in [0.1, 0.15) is 0 Å². The Morgan fingerprint density at radius 3 is 1.48 bits per heavy atom. The highest BCUT2D eigenvalue weighted by atomic mass is 16.5. The molecule has 0 amide bonds. The van der Waals surface area contributed by atoms with Crippen molar-refractivity contribution in [3.63, 3.8) is 0 Å². The Morgan fingerprint density at radius 1 is 0.696 bits per heavy atom. The lowest BCUT2D eigenvalue weighted by Crippen LogP contribution is -2.23. The van der Waals surface area contributed by atoms with E-state index in [4.69, 9.17) is 4.74 Å². The number of carbonyl (C=O) groups is 1. The third kappa shape index (κ3) is 19.4. The Morgan fingerprint density at radius 2 is 1.09 bits per heavy atom. The summed E-state index contributed by atoms with van der Waals surface area (Å²) < 4.78 is 5.18. The highest BCUT2D eigenvalue weighted by Crippen LogP contribution is 2.12. The second-order valence-electron chi connectivity index (χ2n) is 7.05. The zero-order chi connectivity index (χ0) is 17.2. The number of likely N-dealkylation sites (N-methyl/N-ethyl adjacent to an activating group) is 1. The molecule has 0 rings (SSSR count). The molecule has 0 atom stereocenters. The molecule has 0 aromatic heterocycles. The Kier molecular flexibility index (Phi) is 17.3. The molecule has 23 heavy (non-hydrogen) atoms. The molecule has 0 unspecified atom stereocenters. The van der Waals surface area contributed by atoms with E-state index in [2.05, 4.69) is 6.92 Å². The molecule has 0 heterocycles. The van der Waals surface area contributed by atoms with Crippen LogP contribution < -0.4 is 0 Å². The third-order valence-corrected chi connectivity index (χ3v) is 4.21. The van der Waals surface area contributed by atoms with Gasteiger partial charge in [-0.05, 0) is 20.5 Å². The van der Waals surface area contributed by atoms with Gasteiger partial charge in [-0.25, -0.2) is 0 Å². The first kappa shape index (κ1) is 22.4. The maximum absolute atomic E-state index is 11.3. The van der Waals surface area contributed by atoms with E-state index in [1.54, 1.807) is 0 Å². The molecular formula is C20H41NO2. The van der Waals surface area contributed by atoms with Gasteiger partial charge in [-0.1, -0.05) is 90.4 Å². The summed E-state index contributed by atoms with van der Waals surface area (Å²) in [6.07, 6.45) is 18.9. The largest absolute Gasteiger partial charge is 0.465 e. The summed E-state index contributed by atoms with van der Waals surface area (Å²) in [6, 6.07) is 0. The first-order valence-corrected chi connectivity index (χ1v) is 9.97. The standard InChI is InChI=1S/C20H41NO2/c1-4-5-6-7-8-9-10-11-12-13-14-15-16-17-18-23-20(22)19-21(2)3/h4-19H2,1-3H3. The van der Waals surface area contributed by atoms with E-state index in [9.17, 15) is 4.79 Å². The summed E-state index contributed by atoms with van der Waals surface area (Å²) in [5, 5.41) is 0. The smallest absolute Gasteiger partial charge is 0.320 e. The first-order chi connectivity index (χ1) is 11.2. The van der Waals surface area contributed by atoms with Gasteiger partial charge in [-0.15, -0.1) is 0 Å². The SMILES string of the molecule is CCCCCCCCCCCCCCCCOC(=O)CN(C)C. The van der Waals surface area contributed by atoms with Gasteiger partial charge in [0.15, 0.2) is 0 Å². The second-order valence-corrected chi connectivity index (χ2v) is 7.05. The van der Waals surface area contributed by atoms with Crippen molar-refractivity contribution in [3.05, 3.63) is 0 Å². The normalized spacial score (nSPS) is 11.1. The van der Waals surface area contributed by atoms with Crippen LogP contribution in [0.15, 0.2) is 0 Å². The quantitative estimate of drug-likeness (QED) is 0.258. The molecule has 0 saturated heterocycles. The van der Waals surface area contributed by atoms with Crippen molar-refractivity contribution in [2.24, 2.45) is 0 Å². The number of unbranched alkanes of at least 4 members (excludes halogenated alkanes) is 13. The second kappa shape index (κ2) is 17.8. The molecule has 138 valence electrons. The minimum Gasteiger partial charge on any atom is -0.465 e. The van der Waals surface area contributed by atoms with Crippen LogP contribution in [0.1, 0.15) is 96.8 Å². The minimum atomic E-state index is -0.107. The van der Waals surface area contributed by atoms with E-state index >= 15 is 0 Å². The number of carbonyl (C=O) groups excluding carboxylic acids is 1. The highest BCUT2D eigenvalue weighted by molar-refractivity contribution is 5.71. The van der Waals surface area contributed by atoms with E-state index in [-0.39, 0.29) is 5.97 Å². The van der Waals surface area contributed by atoms with Crippen molar-refractivity contribution in [1.82, 2.24) is 4.90 Å². The Hall–Kier alpha value is -0.570. The molecule has 0 N–H and O–H groups in total. The van der Waals surface area contributed by atoms with Crippen LogP contribution in [0.2, 0.25) is 0 Å². The van der Waals surface area contributed by atoms with Gasteiger partial charge in [-0.2, -0.15) is 0 Å². The fourth-order valence-electron chi connectivity index (χ4n) is 2.79. The van der Waals surface area contributed by atoms with Crippen LogP contribution in [0.5, 0.6) is 0 Å². The summed E-state index contributed by atoms with van der Waals surface area (Å²) in [5.74, 6) is -0.107. The molecule has 0 radical (unpaired) electrons. The van der Waals surface area contributed by atoms with E-state index < -0.39 is 0 Å². The maximum Gasteiger partial charge on any atom is 0.320 e. The first-order valence-electron chi connectivity index (χ1n) is 9.97. The van der Waals surface area contributed by atoms with Crippen LogP contribution in [-0.4, -0.2) is 38.1 Å². The van der Waals surface area contributed by atoms with Gasteiger partial charge in [-0.3, -0.25) is 9.69 Å². The van der Waals surface area contributed by atoms with Crippen LogP contribution in [0.3, 0.4) is 0 Å². The lowest BCUT2D eigenvalue weighted by Gasteiger charge is -2.09. The van der Waals surface area contributed by atoms with Crippen molar-refractivity contribution in [3.8, 4) is 0 Å². The number of nitrogens with zero attached hydrogens (tertiary/aromatic N) is 1. The van der Waals surface area contributed by atoms with E-state index in [0.717, 1.165) is 6.42 Å². The maximum atomic E-state index is 11.3. The molecule has 3 heteroatoms. The zero-order valence-corrected chi connectivity index (χ0v) is 16.1. The fourth-order valence-corrected chi connectivity index (χ4v) is 2.79.